The van der Waals surface area contributed by atoms with E-state index < -0.39 is 0 Å². The molecule has 0 atom stereocenters. The smallest absolute Gasteiger partial charge is 0.227 e. The van der Waals surface area contributed by atoms with E-state index in [1.54, 1.807) is 6.07 Å². The lowest BCUT2D eigenvalue weighted by atomic mass is 9.89. The number of phenols is 1. The minimum absolute atomic E-state index is 0. The van der Waals surface area contributed by atoms with Gasteiger partial charge in [-0.15, -0.1) is 12.4 Å². The van der Waals surface area contributed by atoms with Crippen molar-refractivity contribution in [3.63, 3.8) is 0 Å². The van der Waals surface area contributed by atoms with Gasteiger partial charge in [0.05, 0.1) is 5.69 Å². The number of halogens is 1. The van der Waals surface area contributed by atoms with Crippen LogP contribution in [0.5, 0.6) is 5.75 Å². The molecular formula is C27H33ClN2O3. The molecule has 5 nitrogen and oxygen atoms in total. The van der Waals surface area contributed by atoms with Crippen molar-refractivity contribution in [2.75, 3.05) is 31.1 Å². The number of benzene rings is 2. The Morgan fingerprint density at radius 2 is 1.76 bits per heavy atom. The second-order valence-corrected chi connectivity index (χ2v) is 9.61. The maximum absolute atomic E-state index is 13.0. The van der Waals surface area contributed by atoms with Crippen LogP contribution in [-0.2, 0) is 24.1 Å². The molecule has 6 heteroatoms. The van der Waals surface area contributed by atoms with Crippen molar-refractivity contribution in [2.45, 2.75) is 51.4 Å². The zero-order valence-corrected chi connectivity index (χ0v) is 19.9. The summed E-state index contributed by atoms with van der Waals surface area (Å²) < 4.78 is 0. The minimum Gasteiger partial charge on any atom is -0.508 e. The molecule has 0 aromatic heterocycles. The Morgan fingerprint density at radius 3 is 2.52 bits per heavy atom. The molecule has 2 aromatic rings. The van der Waals surface area contributed by atoms with E-state index in [0.29, 0.717) is 24.5 Å². The van der Waals surface area contributed by atoms with Crippen molar-refractivity contribution in [3.8, 4) is 5.75 Å². The maximum atomic E-state index is 13.0. The van der Waals surface area contributed by atoms with Gasteiger partial charge in [0.2, 0.25) is 5.91 Å². The molecule has 2 aromatic carbocycles. The van der Waals surface area contributed by atoms with E-state index >= 15 is 0 Å². The molecule has 0 aliphatic carbocycles. The number of ketones is 1. The Kier molecular flexibility index (Phi) is 7.40. The topological polar surface area (TPSA) is 60.9 Å². The van der Waals surface area contributed by atoms with Gasteiger partial charge >= 0.3 is 0 Å². The number of hydrogen-bond acceptors (Lipinski definition) is 4. The number of phenolic OH excluding ortho intramolecular Hbond substituents is 1. The Balaban J connectivity index is 0.00000259. The average molecular weight is 469 g/mol. The summed E-state index contributed by atoms with van der Waals surface area (Å²) in [6.07, 6.45) is 7.05. The number of nitrogens with zero attached hydrogens (tertiary/aromatic N) is 2. The molecule has 1 saturated heterocycles. The van der Waals surface area contributed by atoms with Crippen molar-refractivity contribution in [1.29, 1.82) is 0 Å². The number of rotatable bonds is 7. The molecule has 0 spiro atoms. The molecule has 33 heavy (non-hydrogen) atoms. The number of amides is 1. The van der Waals surface area contributed by atoms with E-state index in [4.69, 9.17) is 0 Å². The second-order valence-electron chi connectivity index (χ2n) is 9.61. The standard InChI is InChI=1S/C27H32N2O3.ClH/c30-24-3-1-2-20(16-24)10-14-28-12-8-19(9-13-28)4-6-25(31)23-17-21-5-7-26(32)29-15-11-22(18-23)27(21)29;/h1-3,16-19,30H,4-15H2;1H. The SMILES string of the molecule is Cl.O=C(CCC1CCN(CCc2cccc(O)c2)CC1)c1cc2c3c(c1)CCN3C(=O)CC2. The fraction of sp³-hybridized carbons (Fsp3) is 0.481. The predicted molar refractivity (Wildman–Crippen MR) is 133 cm³/mol. The molecule has 0 unspecified atom stereocenters. The molecule has 5 rings (SSSR count). The summed E-state index contributed by atoms with van der Waals surface area (Å²) in [7, 11) is 0. The van der Waals surface area contributed by atoms with Crippen LogP contribution < -0.4 is 4.90 Å². The number of likely N-dealkylation sites (tertiary alicyclic amines) is 1. The first-order chi connectivity index (χ1) is 15.6. The first-order valence-electron chi connectivity index (χ1n) is 12.1. The van der Waals surface area contributed by atoms with E-state index in [9.17, 15) is 14.7 Å². The van der Waals surface area contributed by atoms with Crippen molar-refractivity contribution < 1.29 is 14.7 Å². The zero-order valence-electron chi connectivity index (χ0n) is 19.1. The summed E-state index contributed by atoms with van der Waals surface area (Å²) in [6.45, 7) is 3.96. The van der Waals surface area contributed by atoms with Gasteiger partial charge in [0.15, 0.2) is 5.78 Å². The lowest BCUT2D eigenvalue weighted by molar-refractivity contribution is -0.118. The molecular weight excluding hydrogens is 436 g/mol. The van der Waals surface area contributed by atoms with Crippen LogP contribution in [0.1, 0.15) is 59.2 Å². The Bertz CT molecular complexity index is 1030. The van der Waals surface area contributed by atoms with Crippen molar-refractivity contribution >= 4 is 29.8 Å². The first kappa shape index (κ1) is 23.8. The van der Waals surface area contributed by atoms with E-state index in [2.05, 4.69) is 17.0 Å². The summed E-state index contributed by atoms with van der Waals surface area (Å²) in [5, 5.41) is 9.61. The molecule has 0 radical (unpaired) electrons. The quantitative estimate of drug-likeness (QED) is 0.605. The largest absolute Gasteiger partial charge is 0.508 e. The monoisotopic (exact) mass is 468 g/mol. The zero-order chi connectivity index (χ0) is 22.1. The Labute approximate surface area is 202 Å². The maximum Gasteiger partial charge on any atom is 0.227 e. The van der Waals surface area contributed by atoms with Crippen LogP contribution in [0.25, 0.3) is 0 Å². The molecule has 1 N–H and O–H groups in total. The number of aromatic hydroxyl groups is 1. The van der Waals surface area contributed by atoms with E-state index in [1.165, 1.54) is 16.7 Å². The highest BCUT2D eigenvalue weighted by atomic mass is 35.5. The van der Waals surface area contributed by atoms with Gasteiger partial charge in [-0.2, -0.15) is 0 Å². The van der Waals surface area contributed by atoms with Gasteiger partial charge < -0.3 is 14.9 Å². The summed E-state index contributed by atoms with van der Waals surface area (Å²) in [6, 6.07) is 11.6. The van der Waals surface area contributed by atoms with Crippen LogP contribution in [0, 0.1) is 5.92 Å². The normalized spacial score (nSPS) is 18.2. The van der Waals surface area contributed by atoms with Crippen LogP contribution in [0.2, 0.25) is 0 Å². The molecule has 3 heterocycles. The summed E-state index contributed by atoms with van der Waals surface area (Å²) in [5.74, 6) is 1.44. The van der Waals surface area contributed by atoms with Crippen molar-refractivity contribution in [3.05, 3.63) is 58.7 Å². The lowest BCUT2D eigenvalue weighted by Crippen LogP contribution is -2.35. The Morgan fingerprint density at radius 1 is 1.00 bits per heavy atom. The van der Waals surface area contributed by atoms with Crippen LogP contribution >= 0.6 is 12.4 Å². The number of carbonyl (C=O) groups excluding carboxylic acids is 2. The van der Waals surface area contributed by atoms with Crippen LogP contribution in [0.15, 0.2) is 36.4 Å². The van der Waals surface area contributed by atoms with Gasteiger partial charge in [-0.05, 0) is 98.5 Å². The third-order valence-electron chi connectivity index (χ3n) is 7.49. The van der Waals surface area contributed by atoms with Crippen LogP contribution in [0.3, 0.4) is 0 Å². The lowest BCUT2D eigenvalue weighted by Gasteiger charge is -2.32. The third-order valence-corrected chi connectivity index (χ3v) is 7.49. The highest BCUT2D eigenvalue weighted by Crippen LogP contribution is 2.38. The van der Waals surface area contributed by atoms with Crippen molar-refractivity contribution in [1.82, 2.24) is 4.90 Å². The third kappa shape index (κ3) is 5.25. The molecule has 3 aliphatic heterocycles. The van der Waals surface area contributed by atoms with Gasteiger partial charge in [0, 0.05) is 31.5 Å². The van der Waals surface area contributed by atoms with Gasteiger partial charge in [-0.1, -0.05) is 12.1 Å². The van der Waals surface area contributed by atoms with Gasteiger partial charge in [-0.3, -0.25) is 9.59 Å². The molecule has 3 aliphatic rings. The number of anilines is 1. The van der Waals surface area contributed by atoms with Crippen LogP contribution in [0.4, 0.5) is 5.69 Å². The van der Waals surface area contributed by atoms with E-state index in [-0.39, 0.29) is 24.1 Å². The molecule has 0 bridgehead atoms. The highest BCUT2D eigenvalue weighted by Gasteiger charge is 2.32. The summed E-state index contributed by atoms with van der Waals surface area (Å²) in [4.78, 5) is 29.5. The van der Waals surface area contributed by atoms with Gasteiger partial charge in [-0.25, -0.2) is 0 Å². The molecule has 1 fully saturated rings. The first-order valence-corrected chi connectivity index (χ1v) is 12.1. The Hall–Kier alpha value is -2.37. The number of hydrogen-bond donors (Lipinski definition) is 1. The number of carbonyl (C=O) groups is 2. The highest BCUT2D eigenvalue weighted by molar-refractivity contribution is 6.02. The average Bonchev–Trinajstić information content (AvgIpc) is 3.24. The summed E-state index contributed by atoms with van der Waals surface area (Å²) >= 11 is 0. The predicted octanol–water partition coefficient (Wildman–Crippen LogP) is 4.57. The number of piperidine rings is 1. The van der Waals surface area contributed by atoms with Gasteiger partial charge in [0.25, 0.3) is 0 Å². The van der Waals surface area contributed by atoms with Crippen molar-refractivity contribution in [2.24, 2.45) is 5.92 Å². The summed E-state index contributed by atoms with van der Waals surface area (Å²) in [5.41, 5.74) is 5.48. The number of Topliss-reactive ketones (excluding diaryl/α,β-unsaturated/α-hetero) is 1. The molecule has 1 amide bonds. The number of aryl methyl sites for hydroxylation is 1. The second kappa shape index (κ2) is 10.3. The minimum atomic E-state index is 0. The molecule has 176 valence electrons. The van der Waals surface area contributed by atoms with Gasteiger partial charge in [0.1, 0.15) is 5.75 Å². The van der Waals surface area contributed by atoms with Crippen LogP contribution in [-0.4, -0.2) is 47.9 Å². The fourth-order valence-corrected chi connectivity index (χ4v) is 5.60. The van der Waals surface area contributed by atoms with E-state index in [1.807, 2.05) is 23.1 Å². The fourth-order valence-electron chi connectivity index (χ4n) is 5.60. The molecule has 0 saturated carbocycles. The van der Waals surface area contributed by atoms with E-state index in [0.717, 1.165) is 76.0 Å².